The van der Waals surface area contributed by atoms with Gasteiger partial charge in [0.15, 0.2) is 0 Å². The topological polar surface area (TPSA) is 54.3 Å². The lowest BCUT2D eigenvalue weighted by molar-refractivity contribution is -0.139. The molecule has 1 aromatic heterocycles. The van der Waals surface area contributed by atoms with Crippen molar-refractivity contribution in [2.75, 3.05) is 0 Å². The molecule has 112 valence electrons. The van der Waals surface area contributed by atoms with Gasteiger partial charge in [0.05, 0.1) is 0 Å². The van der Waals surface area contributed by atoms with E-state index in [-0.39, 0.29) is 0 Å². The summed E-state index contributed by atoms with van der Waals surface area (Å²) in [5.74, 6) is -0.839. The van der Waals surface area contributed by atoms with Gasteiger partial charge in [0.2, 0.25) is 0 Å². The van der Waals surface area contributed by atoms with Crippen LogP contribution in [0.3, 0.4) is 0 Å². The molecule has 0 bridgehead atoms. The predicted molar refractivity (Wildman–Crippen MR) is 86.6 cm³/mol. The number of hydrogen-bond acceptors (Lipinski definition) is 2. The first-order valence-corrected chi connectivity index (χ1v) is 7.28. The van der Waals surface area contributed by atoms with Gasteiger partial charge in [-0.15, -0.1) is 0 Å². The maximum absolute atomic E-state index is 11.5. The molecule has 1 heterocycles. The highest BCUT2D eigenvalue weighted by atomic mass is 16.4. The molecule has 22 heavy (non-hydrogen) atoms. The van der Waals surface area contributed by atoms with Crippen LogP contribution in [-0.2, 0) is 17.9 Å². The molecule has 0 aliphatic heterocycles. The monoisotopic (exact) mass is 294 g/mol. The van der Waals surface area contributed by atoms with Crippen LogP contribution < -0.4 is 5.32 Å². The molecule has 0 aliphatic rings. The molecule has 0 fully saturated rings. The first kappa shape index (κ1) is 14.4. The molecule has 0 saturated carbocycles. The fourth-order valence-electron chi connectivity index (χ4n) is 2.56. The predicted octanol–water partition coefficient (Wildman–Crippen LogP) is 2.88. The summed E-state index contributed by atoms with van der Waals surface area (Å²) in [6.07, 6.45) is 1.94. The van der Waals surface area contributed by atoms with Crippen molar-refractivity contribution in [2.24, 2.45) is 0 Å². The summed E-state index contributed by atoms with van der Waals surface area (Å²) in [7, 11) is 0. The van der Waals surface area contributed by atoms with Crippen LogP contribution in [0.15, 0.2) is 66.9 Å². The van der Waals surface area contributed by atoms with Gasteiger partial charge in [-0.2, -0.15) is 0 Å². The highest BCUT2D eigenvalue weighted by Gasteiger charge is 2.18. The van der Waals surface area contributed by atoms with Crippen LogP contribution in [0, 0.1) is 0 Å². The van der Waals surface area contributed by atoms with Crippen LogP contribution >= 0.6 is 0 Å². The second-order valence-electron chi connectivity index (χ2n) is 5.28. The van der Waals surface area contributed by atoms with Gasteiger partial charge in [-0.25, -0.2) is 0 Å². The second-order valence-corrected chi connectivity index (χ2v) is 5.28. The largest absolute Gasteiger partial charge is 0.480 e. The summed E-state index contributed by atoms with van der Waals surface area (Å²) in [6, 6.07) is 19.2. The van der Waals surface area contributed by atoms with E-state index >= 15 is 0 Å². The Kier molecular flexibility index (Phi) is 4.21. The highest BCUT2D eigenvalue weighted by molar-refractivity contribution is 5.80. The van der Waals surface area contributed by atoms with Crippen molar-refractivity contribution >= 4 is 16.9 Å². The van der Waals surface area contributed by atoms with E-state index < -0.39 is 12.0 Å². The number of carbonyl (C=O) groups is 1. The number of carboxylic acid groups (broad SMARTS) is 1. The molecule has 2 aromatic carbocycles. The lowest BCUT2D eigenvalue weighted by Crippen LogP contribution is -2.39. The number of benzene rings is 2. The fraction of sp³-hybridized carbons (Fsp3) is 0.167. The van der Waals surface area contributed by atoms with Crippen LogP contribution in [0.5, 0.6) is 0 Å². The normalized spacial score (nSPS) is 12.4. The summed E-state index contributed by atoms with van der Waals surface area (Å²) < 4.78 is 1.98. The number of para-hydroxylation sites is 1. The smallest absolute Gasteiger partial charge is 0.322 e. The van der Waals surface area contributed by atoms with Crippen LogP contribution in [0.1, 0.15) is 5.56 Å². The Hall–Kier alpha value is -2.59. The third-order valence-corrected chi connectivity index (χ3v) is 3.75. The van der Waals surface area contributed by atoms with E-state index in [0.29, 0.717) is 13.1 Å². The van der Waals surface area contributed by atoms with Gasteiger partial charge in [-0.05, 0) is 23.1 Å². The quantitative estimate of drug-likeness (QED) is 0.735. The van der Waals surface area contributed by atoms with Gasteiger partial charge >= 0.3 is 5.97 Å². The third kappa shape index (κ3) is 3.18. The molecule has 3 aromatic rings. The van der Waals surface area contributed by atoms with E-state index in [4.69, 9.17) is 0 Å². The molecule has 4 nitrogen and oxygen atoms in total. The zero-order chi connectivity index (χ0) is 15.4. The van der Waals surface area contributed by atoms with E-state index in [0.717, 1.165) is 16.5 Å². The maximum Gasteiger partial charge on any atom is 0.322 e. The number of rotatable bonds is 6. The van der Waals surface area contributed by atoms with Crippen LogP contribution in [0.2, 0.25) is 0 Å². The molecule has 1 atom stereocenters. The summed E-state index contributed by atoms with van der Waals surface area (Å²) >= 11 is 0. The Morgan fingerprint density at radius 3 is 2.55 bits per heavy atom. The Balaban J connectivity index is 1.73. The average Bonchev–Trinajstić information content (AvgIpc) is 2.95. The lowest BCUT2D eigenvalue weighted by Gasteiger charge is -2.16. The Labute approximate surface area is 129 Å². The minimum Gasteiger partial charge on any atom is -0.480 e. The molecular formula is C18H18N2O2. The molecule has 0 amide bonds. The standard InChI is InChI=1S/C18H18N2O2/c21-18(22)16(19-12-14-6-2-1-3-7-14)13-20-11-10-15-8-4-5-9-17(15)20/h1-11,16,19H,12-13H2,(H,21,22). The molecule has 3 rings (SSSR count). The molecule has 0 saturated heterocycles. The van der Waals surface area contributed by atoms with Crippen molar-refractivity contribution < 1.29 is 9.90 Å². The van der Waals surface area contributed by atoms with Gasteiger partial charge < -0.3 is 9.67 Å². The third-order valence-electron chi connectivity index (χ3n) is 3.75. The molecule has 0 spiro atoms. The number of aromatic nitrogens is 1. The van der Waals surface area contributed by atoms with Crippen molar-refractivity contribution in [1.29, 1.82) is 0 Å². The van der Waals surface area contributed by atoms with Crippen molar-refractivity contribution in [2.45, 2.75) is 19.1 Å². The molecule has 2 N–H and O–H groups in total. The zero-order valence-electron chi connectivity index (χ0n) is 12.1. The SMILES string of the molecule is O=C(O)C(Cn1ccc2ccccc21)NCc1ccccc1. The Morgan fingerprint density at radius 1 is 1.05 bits per heavy atom. The minimum absolute atomic E-state index is 0.398. The van der Waals surface area contributed by atoms with Gasteiger partial charge in [0.1, 0.15) is 6.04 Å². The van der Waals surface area contributed by atoms with E-state index in [9.17, 15) is 9.90 Å². The second kappa shape index (κ2) is 6.45. The lowest BCUT2D eigenvalue weighted by atomic mass is 10.2. The van der Waals surface area contributed by atoms with Crippen LogP contribution in [-0.4, -0.2) is 21.7 Å². The van der Waals surface area contributed by atoms with Gasteiger partial charge in [-0.1, -0.05) is 48.5 Å². The van der Waals surface area contributed by atoms with Crippen LogP contribution in [0.4, 0.5) is 0 Å². The van der Waals surface area contributed by atoms with Crippen LogP contribution in [0.25, 0.3) is 10.9 Å². The minimum atomic E-state index is -0.839. The molecular weight excluding hydrogens is 276 g/mol. The van der Waals surface area contributed by atoms with Crippen molar-refractivity contribution in [3.05, 3.63) is 72.4 Å². The van der Waals surface area contributed by atoms with Gasteiger partial charge in [0, 0.05) is 24.8 Å². The van der Waals surface area contributed by atoms with E-state index in [1.54, 1.807) is 0 Å². The fourth-order valence-corrected chi connectivity index (χ4v) is 2.56. The number of carboxylic acids is 1. The molecule has 0 aliphatic carbocycles. The number of hydrogen-bond donors (Lipinski definition) is 2. The number of nitrogens with one attached hydrogen (secondary N) is 1. The Bertz CT molecular complexity index is 765. The highest BCUT2D eigenvalue weighted by Crippen LogP contribution is 2.15. The van der Waals surface area contributed by atoms with Gasteiger partial charge in [-0.3, -0.25) is 10.1 Å². The van der Waals surface area contributed by atoms with E-state index in [1.807, 2.05) is 71.4 Å². The van der Waals surface area contributed by atoms with Crippen molar-refractivity contribution in [3.8, 4) is 0 Å². The van der Waals surface area contributed by atoms with Gasteiger partial charge in [0.25, 0.3) is 0 Å². The summed E-state index contributed by atoms with van der Waals surface area (Å²) in [5.41, 5.74) is 2.13. The van der Waals surface area contributed by atoms with Crippen molar-refractivity contribution in [3.63, 3.8) is 0 Å². The molecule has 1 unspecified atom stereocenters. The van der Waals surface area contributed by atoms with E-state index in [2.05, 4.69) is 5.32 Å². The summed E-state index contributed by atoms with van der Waals surface area (Å²) in [6.45, 7) is 0.937. The first-order valence-electron chi connectivity index (χ1n) is 7.28. The maximum atomic E-state index is 11.5. The van der Waals surface area contributed by atoms with E-state index in [1.165, 1.54) is 0 Å². The number of nitrogens with zero attached hydrogens (tertiary/aromatic N) is 1. The average molecular weight is 294 g/mol. The van der Waals surface area contributed by atoms with Crippen molar-refractivity contribution in [1.82, 2.24) is 9.88 Å². The first-order chi connectivity index (χ1) is 10.7. The molecule has 4 heteroatoms. The Morgan fingerprint density at radius 2 is 1.77 bits per heavy atom. The number of fused-ring (bicyclic) bond motifs is 1. The molecule has 0 radical (unpaired) electrons. The zero-order valence-corrected chi connectivity index (χ0v) is 12.1. The summed E-state index contributed by atoms with van der Waals surface area (Å²) in [4.78, 5) is 11.5. The number of aliphatic carboxylic acids is 1. The summed E-state index contributed by atoms with van der Waals surface area (Å²) in [5, 5.41) is 13.7.